The second kappa shape index (κ2) is 5.36. The molecule has 1 saturated carbocycles. The highest BCUT2D eigenvalue weighted by atomic mass is 16.5. The van der Waals surface area contributed by atoms with Crippen LogP contribution in [0.15, 0.2) is 0 Å². The molecule has 1 saturated heterocycles. The second-order valence-corrected chi connectivity index (χ2v) is 5.63. The number of amides is 1. The van der Waals surface area contributed by atoms with E-state index >= 15 is 0 Å². The molecule has 0 aromatic carbocycles. The highest BCUT2D eigenvalue weighted by molar-refractivity contribution is 5.76. The summed E-state index contributed by atoms with van der Waals surface area (Å²) in [7, 11) is 0. The van der Waals surface area contributed by atoms with E-state index in [9.17, 15) is 4.79 Å². The van der Waals surface area contributed by atoms with Gasteiger partial charge in [-0.1, -0.05) is 0 Å². The number of ether oxygens (including phenoxy) is 1. The molecule has 0 unspecified atom stereocenters. The second-order valence-electron chi connectivity index (χ2n) is 5.63. The molecule has 2 N–H and O–H groups in total. The van der Waals surface area contributed by atoms with Gasteiger partial charge in [-0.15, -0.1) is 0 Å². The van der Waals surface area contributed by atoms with Crippen LogP contribution in [0.2, 0.25) is 0 Å². The van der Waals surface area contributed by atoms with Gasteiger partial charge in [-0.05, 0) is 38.5 Å². The third-order valence-corrected chi connectivity index (χ3v) is 4.03. The fraction of sp³-hybridized carbons (Fsp3) is 0.923. The van der Waals surface area contributed by atoms with Gasteiger partial charge < -0.3 is 15.4 Å². The van der Waals surface area contributed by atoms with Crippen molar-refractivity contribution < 1.29 is 9.53 Å². The van der Waals surface area contributed by atoms with E-state index in [1.165, 1.54) is 6.42 Å². The summed E-state index contributed by atoms with van der Waals surface area (Å²) in [6, 6.07) is 0.310. The monoisotopic (exact) mass is 240 g/mol. The van der Waals surface area contributed by atoms with Crippen LogP contribution in [-0.2, 0) is 9.53 Å². The first-order valence-electron chi connectivity index (χ1n) is 6.73. The quantitative estimate of drug-likeness (QED) is 0.797. The van der Waals surface area contributed by atoms with Crippen LogP contribution in [0, 0.1) is 11.8 Å². The molecule has 0 spiro atoms. The Hall–Kier alpha value is -0.610. The van der Waals surface area contributed by atoms with Gasteiger partial charge in [-0.3, -0.25) is 4.79 Å². The van der Waals surface area contributed by atoms with E-state index in [0.29, 0.717) is 30.9 Å². The number of carbonyl (C=O) groups is 1. The Kier molecular flexibility index (Phi) is 4.05. The lowest BCUT2D eigenvalue weighted by Crippen LogP contribution is -2.34. The number of likely N-dealkylation sites (tertiary alicyclic amines) is 1. The number of nitrogens with zero attached hydrogens (tertiary/aromatic N) is 1. The summed E-state index contributed by atoms with van der Waals surface area (Å²) in [5, 5.41) is 0. The van der Waals surface area contributed by atoms with Gasteiger partial charge in [0.25, 0.3) is 0 Å². The lowest BCUT2D eigenvalue weighted by atomic mass is 9.98. The summed E-state index contributed by atoms with van der Waals surface area (Å²) in [6.45, 7) is 6.30. The van der Waals surface area contributed by atoms with Crippen molar-refractivity contribution in [3.8, 4) is 0 Å². The third-order valence-electron chi connectivity index (χ3n) is 4.03. The van der Waals surface area contributed by atoms with Gasteiger partial charge in [0.1, 0.15) is 0 Å². The molecule has 0 radical (unpaired) electrons. The number of rotatable bonds is 4. The third kappa shape index (κ3) is 2.99. The Bertz CT molecular complexity index is 281. The van der Waals surface area contributed by atoms with Crippen molar-refractivity contribution in [2.75, 3.05) is 19.7 Å². The van der Waals surface area contributed by atoms with E-state index in [0.717, 1.165) is 19.5 Å². The molecule has 2 aliphatic rings. The molecule has 3 atom stereocenters. The molecule has 0 bridgehead atoms. The molecular formula is C13H24N2O2. The molecule has 1 heterocycles. The van der Waals surface area contributed by atoms with Crippen LogP contribution in [0.4, 0.5) is 0 Å². The maximum absolute atomic E-state index is 12.0. The molecule has 1 aliphatic heterocycles. The summed E-state index contributed by atoms with van der Waals surface area (Å²) in [5.74, 6) is 1.43. The first-order valence-corrected chi connectivity index (χ1v) is 6.73. The zero-order chi connectivity index (χ0) is 12.4. The van der Waals surface area contributed by atoms with Crippen molar-refractivity contribution in [1.29, 1.82) is 0 Å². The highest BCUT2D eigenvalue weighted by Gasteiger charge is 2.42. The molecule has 2 fully saturated rings. The summed E-state index contributed by atoms with van der Waals surface area (Å²) < 4.78 is 5.41. The van der Waals surface area contributed by atoms with Crippen LogP contribution in [0.1, 0.15) is 33.1 Å². The van der Waals surface area contributed by atoms with Crippen molar-refractivity contribution in [1.82, 2.24) is 4.90 Å². The number of carbonyl (C=O) groups excluding carboxylic acids is 1. The minimum Gasteiger partial charge on any atom is -0.378 e. The molecule has 98 valence electrons. The van der Waals surface area contributed by atoms with Crippen molar-refractivity contribution in [3.05, 3.63) is 0 Å². The normalized spacial score (nSPS) is 32.2. The Morgan fingerprint density at radius 3 is 2.82 bits per heavy atom. The van der Waals surface area contributed by atoms with Gasteiger partial charge in [0.2, 0.25) is 5.91 Å². The van der Waals surface area contributed by atoms with Crippen LogP contribution in [-0.4, -0.2) is 42.6 Å². The van der Waals surface area contributed by atoms with Gasteiger partial charge in [0.15, 0.2) is 0 Å². The van der Waals surface area contributed by atoms with E-state index in [1.54, 1.807) is 0 Å². The summed E-state index contributed by atoms with van der Waals surface area (Å²) in [6.07, 6.45) is 3.04. The number of fused-ring (bicyclic) bond motifs is 1. The predicted octanol–water partition coefficient (Wildman–Crippen LogP) is 0.997. The maximum Gasteiger partial charge on any atom is 0.224 e. The topological polar surface area (TPSA) is 55.6 Å². The van der Waals surface area contributed by atoms with Crippen LogP contribution in [0.25, 0.3) is 0 Å². The van der Waals surface area contributed by atoms with Crippen molar-refractivity contribution >= 4 is 5.91 Å². The van der Waals surface area contributed by atoms with Crippen LogP contribution in [0.5, 0.6) is 0 Å². The lowest BCUT2D eigenvalue weighted by Gasteiger charge is -2.19. The molecule has 17 heavy (non-hydrogen) atoms. The molecule has 4 nitrogen and oxygen atoms in total. The highest BCUT2D eigenvalue weighted by Crippen LogP contribution is 2.37. The zero-order valence-corrected chi connectivity index (χ0v) is 10.9. The van der Waals surface area contributed by atoms with E-state index in [4.69, 9.17) is 10.5 Å². The fourth-order valence-corrected chi connectivity index (χ4v) is 3.05. The van der Waals surface area contributed by atoms with Crippen molar-refractivity contribution in [2.45, 2.75) is 45.3 Å². The molecule has 0 aromatic heterocycles. The van der Waals surface area contributed by atoms with E-state index < -0.39 is 0 Å². The van der Waals surface area contributed by atoms with E-state index in [-0.39, 0.29) is 12.0 Å². The van der Waals surface area contributed by atoms with Gasteiger partial charge in [0.05, 0.1) is 19.1 Å². The SMILES string of the molecule is CC(C)OCCC(=O)N1C[C@@H]2CC[C@H](N)[C@@H]2C1. The summed E-state index contributed by atoms with van der Waals surface area (Å²) in [4.78, 5) is 14.0. The number of hydrogen-bond acceptors (Lipinski definition) is 3. The molecule has 2 rings (SSSR count). The van der Waals surface area contributed by atoms with Crippen molar-refractivity contribution in [2.24, 2.45) is 17.6 Å². The van der Waals surface area contributed by atoms with Crippen molar-refractivity contribution in [3.63, 3.8) is 0 Å². The minimum absolute atomic E-state index is 0.203. The number of nitrogens with two attached hydrogens (primary N) is 1. The van der Waals surface area contributed by atoms with Gasteiger partial charge >= 0.3 is 0 Å². The minimum atomic E-state index is 0.203. The Morgan fingerprint density at radius 1 is 1.41 bits per heavy atom. The molecule has 0 aromatic rings. The van der Waals surface area contributed by atoms with Crippen LogP contribution in [0.3, 0.4) is 0 Å². The summed E-state index contributed by atoms with van der Waals surface area (Å²) in [5.41, 5.74) is 6.06. The Morgan fingerprint density at radius 2 is 2.18 bits per heavy atom. The standard InChI is InChI=1S/C13H24N2O2/c1-9(2)17-6-5-13(16)15-7-10-3-4-12(14)11(10)8-15/h9-12H,3-8,14H2,1-2H3/t10-,11+,12-/m0/s1. The molecule has 1 amide bonds. The van der Waals surface area contributed by atoms with Gasteiger partial charge in [-0.2, -0.15) is 0 Å². The molecule has 1 aliphatic carbocycles. The molecular weight excluding hydrogens is 216 g/mol. The smallest absolute Gasteiger partial charge is 0.224 e. The van der Waals surface area contributed by atoms with E-state index in [1.807, 2.05) is 18.7 Å². The Labute approximate surface area is 103 Å². The molecule has 4 heteroatoms. The first kappa shape index (κ1) is 12.8. The zero-order valence-electron chi connectivity index (χ0n) is 10.9. The average molecular weight is 240 g/mol. The Balaban J connectivity index is 1.75. The van der Waals surface area contributed by atoms with Crippen LogP contribution >= 0.6 is 0 Å². The van der Waals surface area contributed by atoms with Crippen LogP contribution < -0.4 is 5.73 Å². The largest absolute Gasteiger partial charge is 0.378 e. The van der Waals surface area contributed by atoms with E-state index in [2.05, 4.69) is 0 Å². The first-order chi connectivity index (χ1) is 8.08. The maximum atomic E-state index is 12.0. The predicted molar refractivity (Wildman–Crippen MR) is 66.5 cm³/mol. The lowest BCUT2D eigenvalue weighted by molar-refractivity contribution is -0.131. The van der Waals surface area contributed by atoms with Gasteiger partial charge in [0, 0.05) is 19.1 Å². The fourth-order valence-electron chi connectivity index (χ4n) is 3.05. The average Bonchev–Trinajstić information content (AvgIpc) is 2.81. The summed E-state index contributed by atoms with van der Waals surface area (Å²) >= 11 is 0. The number of hydrogen-bond donors (Lipinski definition) is 1. The van der Waals surface area contributed by atoms with Gasteiger partial charge in [-0.25, -0.2) is 0 Å².